The first-order chi connectivity index (χ1) is 11.1. The molecule has 7 heteroatoms. The summed E-state index contributed by atoms with van der Waals surface area (Å²) in [6.45, 7) is 8.63. The predicted octanol–water partition coefficient (Wildman–Crippen LogP) is 2.03. The Kier molecular flexibility index (Phi) is 4.77. The second-order valence-corrected chi connectivity index (χ2v) is 6.50. The second kappa shape index (κ2) is 6.80. The first kappa shape index (κ1) is 16.1. The molecule has 23 heavy (non-hydrogen) atoms. The number of aliphatic hydroxyl groups excluding tert-OH is 1. The maximum atomic E-state index is 9.04. The summed E-state index contributed by atoms with van der Waals surface area (Å²) in [4.78, 5) is 6.95. The highest BCUT2D eigenvalue weighted by Gasteiger charge is 2.31. The number of aromatic nitrogens is 4. The maximum Gasteiger partial charge on any atom is 0.244 e. The van der Waals surface area contributed by atoms with Crippen LogP contribution in [0.3, 0.4) is 0 Å². The van der Waals surface area contributed by atoms with Crippen molar-refractivity contribution in [1.29, 1.82) is 0 Å². The molecule has 1 aliphatic heterocycles. The zero-order valence-corrected chi connectivity index (χ0v) is 14.1. The lowest BCUT2D eigenvalue weighted by Crippen LogP contribution is -2.23. The van der Waals surface area contributed by atoms with Crippen LogP contribution in [0.1, 0.15) is 61.6 Å². The van der Waals surface area contributed by atoms with Crippen molar-refractivity contribution >= 4 is 0 Å². The van der Waals surface area contributed by atoms with E-state index in [1.807, 2.05) is 13.1 Å². The zero-order chi connectivity index (χ0) is 16.4. The largest absolute Gasteiger partial charge is 0.394 e. The molecule has 1 fully saturated rings. The molecule has 1 atom stereocenters. The third-order valence-electron chi connectivity index (χ3n) is 4.37. The molecule has 0 aromatic carbocycles. The average molecular weight is 319 g/mol. The summed E-state index contributed by atoms with van der Waals surface area (Å²) >= 11 is 0. The predicted molar refractivity (Wildman–Crippen MR) is 84.8 cm³/mol. The van der Waals surface area contributed by atoms with Crippen LogP contribution in [0, 0.1) is 6.92 Å². The Bertz CT molecular complexity index is 649. The molecule has 0 bridgehead atoms. The highest BCUT2D eigenvalue weighted by atomic mass is 16.5. The first-order valence-electron chi connectivity index (χ1n) is 8.29. The fraction of sp³-hybridized carbons (Fsp3) is 0.688. The van der Waals surface area contributed by atoms with E-state index in [1.165, 1.54) is 5.56 Å². The molecule has 0 radical (unpaired) electrons. The van der Waals surface area contributed by atoms with Crippen molar-refractivity contribution < 1.29 is 9.63 Å². The highest BCUT2D eigenvalue weighted by molar-refractivity contribution is 5.16. The second-order valence-electron chi connectivity index (χ2n) is 6.50. The van der Waals surface area contributed by atoms with Crippen LogP contribution in [-0.4, -0.2) is 43.1 Å². The van der Waals surface area contributed by atoms with Crippen LogP contribution in [0.25, 0.3) is 0 Å². The summed E-state index contributed by atoms with van der Waals surface area (Å²) in [5, 5.41) is 17.6. The van der Waals surface area contributed by atoms with Gasteiger partial charge in [-0.1, -0.05) is 19.0 Å². The SMILES string of the molecule is Cc1nn(CCO)cc1CN1CCCC1c1nc(C(C)C)no1. The lowest BCUT2D eigenvalue weighted by Gasteiger charge is -2.20. The Morgan fingerprint density at radius 3 is 2.96 bits per heavy atom. The van der Waals surface area contributed by atoms with E-state index in [-0.39, 0.29) is 18.6 Å². The quantitative estimate of drug-likeness (QED) is 0.877. The van der Waals surface area contributed by atoms with Gasteiger partial charge in [0, 0.05) is 24.2 Å². The van der Waals surface area contributed by atoms with E-state index in [1.54, 1.807) is 4.68 Å². The minimum absolute atomic E-state index is 0.104. The van der Waals surface area contributed by atoms with Crippen LogP contribution < -0.4 is 0 Å². The lowest BCUT2D eigenvalue weighted by molar-refractivity contribution is 0.200. The van der Waals surface area contributed by atoms with Crippen LogP contribution in [0.4, 0.5) is 0 Å². The van der Waals surface area contributed by atoms with Crippen molar-refractivity contribution in [3.8, 4) is 0 Å². The van der Waals surface area contributed by atoms with Gasteiger partial charge in [0.15, 0.2) is 5.82 Å². The number of aliphatic hydroxyl groups is 1. The summed E-state index contributed by atoms with van der Waals surface area (Å²) < 4.78 is 7.30. The van der Waals surface area contributed by atoms with Crippen molar-refractivity contribution in [2.75, 3.05) is 13.2 Å². The van der Waals surface area contributed by atoms with E-state index >= 15 is 0 Å². The molecule has 1 saturated heterocycles. The van der Waals surface area contributed by atoms with E-state index in [0.717, 1.165) is 43.3 Å². The van der Waals surface area contributed by atoms with Gasteiger partial charge < -0.3 is 9.63 Å². The zero-order valence-electron chi connectivity index (χ0n) is 14.1. The van der Waals surface area contributed by atoms with Gasteiger partial charge in [-0.05, 0) is 26.3 Å². The van der Waals surface area contributed by atoms with Gasteiger partial charge in [-0.3, -0.25) is 9.58 Å². The van der Waals surface area contributed by atoms with E-state index in [9.17, 15) is 0 Å². The Morgan fingerprint density at radius 2 is 2.26 bits per heavy atom. The van der Waals surface area contributed by atoms with Crippen LogP contribution in [-0.2, 0) is 13.1 Å². The van der Waals surface area contributed by atoms with E-state index in [4.69, 9.17) is 9.63 Å². The van der Waals surface area contributed by atoms with Gasteiger partial charge in [-0.25, -0.2) is 0 Å². The molecule has 1 aliphatic rings. The van der Waals surface area contributed by atoms with Crippen LogP contribution >= 0.6 is 0 Å². The normalized spacial score (nSPS) is 19.1. The molecule has 0 aliphatic carbocycles. The highest BCUT2D eigenvalue weighted by Crippen LogP contribution is 2.33. The smallest absolute Gasteiger partial charge is 0.244 e. The molecule has 126 valence electrons. The number of aryl methyl sites for hydroxylation is 1. The molecule has 1 N–H and O–H groups in total. The summed E-state index contributed by atoms with van der Waals surface area (Å²) in [6, 6.07) is 0.190. The van der Waals surface area contributed by atoms with Crippen molar-refractivity contribution in [3.05, 3.63) is 29.2 Å². The summed E-state index contributed by atoms with van der Waals surface area (Å²) in [6.07, 6.45) is 4.20. The van der Waals surface area contributed by atoms with Gasteiger partial charge in [0.25, 0.3) is 0 Å². The van der Waals surface area contributed by atoms with Crippen molar-refractivity contribution in [2.45, 2.75) is 58.7 Å². The number of hydrogen-bond acceptors (Lipinski definition) is 6. The molecule has 3 rings (SSSR count). The van der Waals surface area contributed by atoms with Gasteiger partial charge in [0.2, 0.25) is 5.89 Å². The minimum Gasteiger partial charge on any atom is -0.394 e. The molecule has 0 amide bonds. The minimum atomic E-state index is 0.104. The van der Waals surface area contributed by atoms with Gasteiger partial charge in [-0.15, -0.1) is 0 Å². The first-order valence-corrected chi connectivity index (χ1v) is 8.29. The van der Waals surface area contributed by atoms with Gasteiger partial charge in [0.1, 0.15) is 0 Å². The topological polar surface area (TPSA) is 80.2 Å². The van der Waals surface area contributed by atoms with E-state index < -0.39 is 0 Å². The summed E-state index contributed by atoms with van der Waals surface area (Å²) in [7, 11) is 0. The fourth-order valence-electron chi connectivity index (χ4n) is 3.06. The van der Waals surface area contributed by atoms with Crippen LogP contribution in [0.15, 0.2) is 10.7 Å². The monoisotopic (exact) mass is 319 g/mol. The molecule has 1 unspecified atom stereocenters. The van der Waals surface area contributed by atoms with Crippen LogP contribution in [0.2, 0.25) is 0 Å². The van der Waals surface area contributed by atoms with Crippen molar-refractivity contribution in [3.63, 3.8) is 0 Å². The van der Waals surface area contributed by atoms with Crippen molar-refractivity contribution in [1.82, 2.24) is 24.8 Å². The molecule has 2 aromatic rings. The molecular weight excluding hydrogens is 294 g/mol. The van der Waals surface area contributed by atoms with Gasteiger partial charge in [0.05, 0.1) is 24.9 Å². The molecule has 0 saturated carbocycles. The lowest BCUT2D eigenvalue weighted by atomic mass is 10.2. The Morgan fingerprint density at radius 1 is 1.43 bits per heavy atom. The molecule has 2 aromatic heterocycles. The third kappa shape index (κ3) is 3.45. The Balaban J connectivity index is 1.73. The molecule has 7 nitrogen and oxygen atoms in total. The average Bonchev–Trinajstić information content (AvgIpc) is 3.20. The summed E-state index contributed by atoms with van der Waals surface area (Å²) in [5.74, 6) is 1.78. The van der Waals surface area contributed by atoms with Crippen LogP contribution in [0.5, 0.6) is 0 Å². The van der Waals surface area contributed by atoms with E-state index in [0.29, 0.717) is 6.54 Å². The number of nitrogens with zero attached hydrogens (tertiary/aromatic N) is 5. The number of hydrogen-bond donors (Lipinski definition) is 1. The summed E-state index contributed by atoms with van der Waals surface area (Å²) in [5.41, 5.74) is 2.20. The van der Waals surface area contributed by atoms with Crippen molar-refractivity contribution in [2.24, 2.45) is 0 Å². The molecule has 3 heterocycles. The Labute approximate surface area is 136 Å². The third-order valence-corrected chi connectivity index (χ3v) is 4.37. The van der Waals surface area contributed by atoms with Gasteiger partial charge in [-0.2, -0.15) is 10.1 Å². The van der Waals surface area contributed by atoms with E-state index in [2.05, 4.69) is 34.0 Å². The maximum absolute atomic E-state index is 9.04. The molecular formula is C16H25N5O2. The Hall–Kier alpha value is -1.73. The fourth-order valence-corrected chi connectivity index (χ4v) is 3.06. The number of likely N-dealkylation sites (tertiary alicyclic amines) is 1. The molecule has 0 spiro atoms. The number of rotatable bonds is 6. The van der Waals surface area contributed by atoms with Gasteiger partial charge >= 0.3 is 0 Å². The standard InChI is InChI=1S/C16H25N5O2/c1-11(2)15-17-16(23-19-15)14-5-4-6-20(14)9-13-10-21(7-8-22)18-12(13)3/h10-11,14,22H,4-9H2,1-3H3.